The van der Waals surface area contributed by atoms with Gasteiger partial charge in [-0.2, -0.15) is 0 Å². The summed E-state index contributed by atoms with van der Waals surface area (Å²) in [6.45, 7) is 3.70. The van der Waals surface area contributed by atoms with Gasteiger partial charge in [0.25, 0.3) is 0 Å². The van der Waals surface area contributed by atoms with Gasteiger partial charge in [0.1, 0.15) is 12.4 Å². The van der Waals surface area contributed by atoms with Gasteiger partial charge in [-0.15, -0.1) is 10.2 Å². The molecule has 164 valence electrons. The number of nitrogens with zero attached hydrogens (tertiary/aromatic N) is 3. The molecule has 1 aromatic heterocycles. The number of para-hydroxylation sites is 1. The maximum atomic E-state index is 6.21. The Morgan fingerprint density at radius 3 is 2.41 bits per heavy atom. The summed E-state index contributed by atoms with van der Waals surface area (Å²) in [6.07, 6.45) is 0. The third-order valence-electron chi connectivity index (χ3n) is 5.13. The SMILES string of the molecule is COCCn1c(COc2ccccc2-c2ccccc2)nnc1SCc1ccc(C)cc1. The summed E-state index contributed by atoms with van der Waals surface area (Å²) in [5.41, 5.74) is 4.71. The highest BCUT2D eigenvalue weighted by molar-refractivity contribution is 7.98. The molecule has 6 heteroatoms. The van der Waals surface area contributed by atoms with Crippen molar-refractivity contribution in [3.8, 4) is 16.9 Å². The molecule has 5 nitrogen and oxygen atoms in total. The van der Waals surface area contributed by atoms with Crippen LogP contribution in [0.2, 0.25) is 0 Å². The van der Waals surface area contributed by atoms with Crippen molar-refractivity contribution in [3.63, 3.8) is 0 Å². The van der Waals surface area contributed by atoms with Crippen molar-refractivity contribution in [1.82, 2.24) is 14.8 Å². The molecule has 4 rings (SSSR count). The van der Waals surface area contributed by atoms with Crippen LogP contribution in [0.4, 0.5) is 0 Å². The number of aromatic nitrogens is 3. The van der Waals surface area contributed by atoms with Gasteiger partial charge >= 0.3 is 0 Å². The van der Waals surface area contributed by atoms with Crippen molar-refractivity contribution in [2.24, 2.45) is 0 Å². The van der Waals surface area contributed by atoms with Crippen LogP contribution in [0.15, 0.2) is 84.0 Å². The first-order valence-corrected chi connectivity index (χ1v) is 11.6. The van der Waals surface area contributed by atoms with E-state index in [1.54, 1.807) is 18.9 Å². The molecule has 0 saturated heterocycles. The molecule has 0 N–H and O–H groups in total. The molecule has 0 fully saturated rings. The van der Waals surface area contributed by atoms with E-state index in [1.165, 1.54) is 11.1 Å². The van der Waals surface area contributed by atoms with Gasteiger partial charge < -0.3 is 14.0 Å². The average Bonchev–Trinajstić information content (AvgIpc) is 3.23. The van der Waals surface area contributed by atoms with Gasteiger partial charge in [0.15, 0.2) is 11.0 Å². The van der Waals surface area contributed by atoms with E-state index in [0.717, 1.165) is 33.6 Å². The Bertz CT molecular complexity index is 1130. The molecule has 1 heterocycles. The van der Waals surface area contributed by atoms with Crippen LogP contribution >= 0.6 is 11.8 Å². The highest BCUT2D eigenvalue weighted by atomic mass is 32.2. The van der Waals surface area contributed by atoms with E-state index in [-0.39, 0.29) is 0 Å². The van der Waals surface area contributed by atoms with E-state index in [4.69, 9.17) is 9.47 Å². The molecular formula is C26H27N3O2S. The fourth-order valence-corrected chi connectivity index (χ4v) is 4.30. The summed E-state index contributed by atoms with van der Waals surface area (Å²) < 4.78 is 13.6. The van der Waals surface area contributed by atoms with Crippen LogP contribution in [0.3, 0.4) is 0 Å². The van der Waals surface area contributed by atoms with E-state index in [9.17, 15) is 0 Å². The van der Waals surface area contributed by atoms with Crippen molar-refractivity contribution < 1.29 is 9.47 Å². The summed E-state index contributed by atoms with van der Waals surface area (Å²) >= 11 is 1.68. The lowest BCUT2D eigenvalue weighted by Crippen LogP contribution is -2.12. The number of rotatable bonds is 10. The molecule has 32 heavy (non-hydrogen) atoms. The van der Waals surface area contributed by atoms with Crippen LogP contribution in [-0.4, -0.2) is 28.5 Å². The Balaban J connectivity index is 1.50. The van der Waals surface area contributed by atoms with Gasteiger partial charge in [0.2, 0.25) is 0 Å². The Labute approximate surface area is 193 Å². The van der Waals surface area contributed by atoms with Crippen LogP contribution in [-0.2, 0) is 23.6 Å². The summed E-state index contributed by atoms with van der Waals surface area (Å²) in [7, 11) is 1.70. The zero-order chi connectivity index (χ0) is 22.2. The minimum Gasteiger partial charge on any atom is -0.485 e. The van der Waals surface area contributed by atoms with E-state index >= 15 is 0 Å². The van der Waals surface area contributed by atoms with Crippen molar-refractivity contribution >= 4 is 11.8 Å². The predicted octanol–water partition coefficient (Wildman–Crippen LogP) is 5.77. The van der Waals surface area contributed by atoms with Crippen LogP contribution in [0.1, 0.15) is 17.0 Å². The molecule has 0 radical (unpaired) electrons. The lowest BCUT2D eigenvalue weighted by molar-refractivity contribution is 0.181. The minimum atomic E-state index is 0.339. The van der Waals surface area contributed by atoms with E-state index < -0.39 is 0 Å². The van der Waals surface area contributed by atoms with Gasteiger partial charge in [-0.3, -0.25) is 0 Å². The number of aryl methyl sites for hydroxylation is 1. The maximum absolute atomic E-state index is 6.21. The first-order chi connectivity index (χ1) is 15.7. The second-order valence-electron chi connectivity index (χ2n) is 7.47. The normalized spacial score (nSPS) is 10.9. The number of ether oxygens (including phenoxy) is 2. The first kappa shape index (κ1) is 22.1. The van der Waals surface area contributed by atoms with E-state index in [2.05, 4.69) is 64.2 Å². The molecule has 0 saturated carbocycles. The number of methoxy groups -OCH3 is 1. The Kier molecular flexibility index (Phi) is 7.59. The minimum absolute atomic E-state index is 0.339. The molecule has 0 aliphatic carbocycles. The molecule has 0 bridgehead atoms. The molecule has 0 atom stereocenters. The molecule has 3 aromatic carbocycles. The van der Waals surface area contributed by atoms with E-state index in [0.29, 0.717) is 19.8 Å². The number of thioether (sulfide) groups is 1. The Hall–Kier alpha value is -3.09. The van der Waals surface area contributed by atoms with Crippen molar-refractivity contribution in [2.45, 2.75) is 31.0 Å². The second-order valence-corrected chi connectivity index (χ2v) is 8.41. The third-order valence-corrected chi connectivity index (χ3v) is 6.17. The lowest BCUT2D eigenvalue weighted by atomic mass is 10.1. The lowest BCUT2D eigenvalue weighted by Gasteiger charge is -2.13. The number of hydrogen-bond donors (Lipinski definition) is 0. The van der Waals surface area contributed by atoms with Crippen LogP contribution in [0.25, 0.3) is 11.1 Å². The van der Waals surface area contributed by atoms with E-state index in [1.807, 2.05) is 36.4 Å². The fourth-order valence-electron chi connectivity index (χ4n) is 3.36. The van der Waals surface area contributed by atoms with Crippen molar-refractivity contribution in [2.75, 3.05) is 13.7 Å². The highest BCUT2D eigenvalue weighted by Crippen LogP contribution is 2.30. The maximum Gasteiger partial charge on any atom is 0.191 e. The van der Waals surface area contributed by atoms with Crippen LogP contribution < -0.4 is 4.74 Å². The zero-order valence-electron chi connectivity index (χ0n) is 18.4. The van der Waals surface area contributed by atoms with Gasteiger partial charge in [-0.05, 0) is 24.1 Å². The summed E-state index contributed by atoms with van der Waals surface area (Å²) in [5, 5.41) is 9.73. The standard InChI is InChI=1S/C26H27N3O2S/c1-20-12-14-21(15-13-20)19-32-26-28-27-25(29(26)16-17-30-2)18-31-24-11-7-6-10-23(24)22-8-4-3-5-9-22/h3-15H,16-19H2,1-2H3. The monoisotopic (exact) mass is 445 g/mol. The van der Waals surface area contributed by atoms with Gasteiger partial charge in [0, 0.05) is 25.0 Å². The molecule has 0 amide bonds. The van der Waals surface area contributed by atoms with Crippen molar-refractivity contribution in [3.05, 3.63) is 95.8 Å². The topological polar surface area (TPSA) is 49.2 Å². The van der Waals surface area contributed by atoms with Crippen LogP contribution in [0, 0.1) is 6.92 Å². The zero-order valence-corrected chi connectivity index (χ0v) is 19.2. The number of benzene rings is 3. The van der Waals surface area contributed by atoms with Crippen LogP contribution in [0.5, 0.6) is 5.75 Å². The van der Waals surface area contributed by atoms with Gasteiger partial charge in [-0.1, -0.05) is 90.1 Å². The number of hydrogen-bond acceptors (Lipinski definition) is 5. The average molecular weight is 446 g/mol. The Morgan fingerprint density at radius 1 is 0.875 bits per heavy atom. The second kappa shape index (κ2) is 11.0. The Morgan fingerprint density at radius 2 is 1.62 bits per heavy atom. The third kappa shape index (κ3) is 5.58. The summed E-state index contributed by atoms with van der Waals surface area (Å²) in [4.78, 5) is 0. The predicted molar refractivity (Wildman–Crippen MR) is 129 cm³/mol. The molecule has 4 aromatic rings. The molecule has 0 spiro atoms. The van der Waals surface area contributed by atoms with Gasteiger partial charge in [-0.25, -0.2) is 0 Å². The molecule has 0 unspecified atom stereocenters. The summed E-state index contributed by atoms with van der Waals surface area (Å²) in [5.74, 6) is 2.45. The first-order valence-electron chi connectivity index (χ1n) is 10.6. The quantitative estimate of drug-likeness (QED) is 0.290. The smallest absolute Gasteiger partial charge is 0.191 e. The fraction of sp³-hybridized carbons (Fsp3) is 0.231. The largest absolute Gasteiger partial charge is 0.485 e. The molecule has 0 aliphatic heterocycles. The highest BCUT2D eigenvalue weighted by Gasteiger charge is 2.14. The van der Waals surface area contributed by atoms with Gasteiger partial charge in [0.05, 0.1) is 6.61 Å². The van der Waals surface area contributed by atoms with Crippen molar-refractivity contribution in [1.29, 1.82) is 0 Å². The molecular weight excluding hydrogens is 418 g/mol. The molecule has 0 aliphatic rings. The summed E-state index contributed by atoms with van der Waals surface area (Å²) in [6, 6.07) is 26.9.